The van der Waals surface area contributed by atoms with E-state index in [0.29, 0.717) is 17.3 Å². The van der Waals surface area contributed by atoms with Crippen molar-refractivity contribution in [2.75, 3.05) is 11.9 Å². The highest BCUT2D eigenvalue weighted by molar-refractivity contribution is 7.80. The molecule has 0 saturated heterocycles. The first-order valence-electron chi connectivity index (χ1n) is 8.64. The summed E-state index contributed by atoms with van der Waals surface area (Å²) < 4.78 is 11.0. The molecule has 6 nitrogen and oxygen atoms in total. The van der Waals surface area contributed by atoms with E-state index in [0.717, 1.165) is 16.8 Å². The molecule has 0 aliphatic carbocycles. The van der Waals surface area contributed by atoms with Gasteiger partial charge in [0.25, 0.3) is 5.91 Å². The SMILES string of the molecule is Cc1ccc(-c2ccc(CO)o2)cc1NC(=S)NC(=O)COc1ccccc1. The van der Waals surface area contributed by atoms with Gasteiger partial charge in [0.2, 0.25) is 0 Å². The van der Waals surface area contributed by atoms with E-state index in [1.54, 1.807) is 24.3 Å². The summed E-state index contributed by atoms with van der Waals surface area (Å²) in [4.78, 5) is 12.0. The van der Waals surface area contributed by atoms with Crippen LogP contribution in [-0.2, 0) is 11.4 Å². The smallest absolute Gasteiger partial charge is 0.264 e. The van der Waals surface area contributed by atoms with Crippen LogP contribution in [0.4, 0.5) is 5.69 Å². The van der Waals surface area contributed by atoms with Crippen LogP contribution in [0.3, 0.4) is 0 Å². The van der Waals surface area contributed by atoms with Crippen molar-refractivity contribution in [3.63, 3.8) is 0 Å². The van der Waals surface area contributed by atoms with Crippen molar-refractivity contribution in [1.82, 2.24) is 5.32 Å². The summed E-state index contributed by atoms with van der Waals surface area (Å²) in [5, 5.41) is 14.9. The average Bonchev–Trinajstić information content (AvgIpc) is 3.18. The molecule has 0 spiro atoms. The summed E-state index contributed by atoms with van der Waals surface area (Å²) in [6.45, 7) is 1.63. The summed E-state index contributed by atoms with van der Waals surface area (Å²) in [6.07, 6.45) is 0. The Morgan fingerprint density at radius 2 is 1.93 bits per heavy atom. The molecule has 1 amide bonds. The number of aryl methyl sites for hydroxylation is 1. The number of carbonyl (C=O) groups is 1. The zero-order chi connectivity index (χ0) is 19.9. The molecule has 3 rings (SSSR count). The molecule has 0 aliphatic heterocycles. The van der Waals surface area contributed by atoms with Crippen molar-refractivity contribution >= 4 is 28.9 Å². The highest BCUT2D eigenvalue weighted by Crippen LogP contribution is 2.27. The van der Waals surface area contributed by atoms with Gasteiger partial charge < -0.3 is 19.6 Å². The summed E-state index contributed by atoms with van der Waals surface area (Å²) in [5.74, 6) is 1.39. The fourth-order valence-electron chi connectivity index (χ4n) is 2.51. The van der Waals surface area contributed by atoms with E-state index >= 15 is 0 Å². The van der Waals surface area contributed by atoms with Gasteiger partial charge >= 0.3 is 0 Å². The van der Waals surface area contributed by atoms with Crippen LogP contribution in [0, 0.1) is 6.92 Å². The van der Waals surface area contributed by atoms with Crippen LogP contribution in [-0.4, -0.2) is 22.7 Å². The van der Waals surface area contributed by atoms with Crippen molar-refractivity contribution in [3.8, 4) is 17.1 Å². The fourth-order valence-corrected chi connectivity index (χ4v) is 2.73. The number of aliphatic hydroxyl groups excluding tert-OH is 1. The van der Waals surface area contributed by atoms with Crippen molar-refractivity contribution in [1.29, 1.82) is 0 Å². The van der Waals surface area contributed by atoms with E-state index in [4.69, 9.17) is 26.5 Å². The van der Waals surface area contributed by atoms with Gasteiger partial charge in [-0.15, -0.1) is 0 Å². The lowest BCUT2D eigenvalue weighted by Crippen LogP contribution is -2.37. The third-order valence-corrected chi connectivity index (χ3v) is 4.16. The number of aliphatic hydroxyl groups is 1. The van der Waals surface area contributed by atoms with E-state index in [1.165, 1.54) is 0 Å². The summed E-state index contributed by atoms with van der Waals surface area (Å²) in [6, 6.07) is 18.3. The van der Waals surface area contributed by atoms with Gasteiger partial charge in [0, 0.05) is 11.3 Å². The predicted octanol–water partition coefficient (Wildman–Crippen LogP) is 3.64. The zero-order valence-electron chi connectivity index (χ0n) is 15.3. The molecule has 7 heteroatoms. The number of para-hydroxylation sites is 1. The summed E-state index contributed by atoms with van der Waals surface area (Å²) >= 11 is 5.23. The molecular formula is C21H20N2O4S. The molecule has 28 heavy (non-hydrogen) atoms. The van der Waals surface area contributed by atoms with E-state index < -0.39 is 0 Å². The van der Waals surface area contributed by atoms with Crippen LogP contribution in [0.15, 0.2) is 65.1 Å². The summed E-state index contributed by atoms with van der Waals surface area (Å²) in [7, 11) is 0. The second-order valence-electron chi connectivity index (χ2n) is 6.06. The van der Waals surface area contributed by atoms with Gasteiger partial charge in [-0.25, -0.2) is 0 Å². The molecule has 1 aromatic heterocycles. The third-order valence-electron chi connectivity index (χ3n) is 3.95. The van der Waals surface area contributed by atoms with E-state index in [-0.39, 0.29) is 24.2 Å². The first kappa shape index (κ1) is 19.6. The summed E-state index contributed by atoms with van der Waals surface area (Å²) in [5.41, 5.74) is 2.53. The minimum Gasteiger partial charge on any atom is -0.484 e. The Hall–Kier alpha value is -3.16. The van der Waals surface area contributed by atoms with Crippen molar-refractivity contribution in [3.05, 3.63) is 72.0 Å². The van der Waals surface area contributed by atoms with Gasteiger partial charge in [-0.3, -0.25) is 10.1 Å². The quantitative estimate of drug-likeness (QED) is 0.552. The van der Waals surface area contributed by atoms with Gasteiger partial charge in [-0.1, -0.05) is 30.3 Å². The van der Waals surface area contributed by atoms with Crippen LogP contribution >= 0.6 is 12.2 Å². The van der Waals surface area contributed by atoms with Gasteiger partial charge in [0.15, 0.2) is 11.7 Å². The molecule has 1 heterocycles. The van der Waals surface area contributed by atoms with E-state index in [9.17, 15) is 4.79 Å². The van der Waals surface area contributed by atoms with Crippen molar-refractivity contribution in [2.24, 2.45) is 0 Å². The molecule has 0 bridgehead atoms. The molecule has 2 aromatic carbocycles. The van der Waals surface area contributed by atoms with E-state index in [1.807, 2.05) is 43.3 Å². The monoisotopic (exact) mass is 396 g/mol. The number of furan rings is 1. The standard InChI is InChI=1S/C21H20N2O4S/c1-14-7-8-15(19-10-9-17(12-24)27-19)11-18(14)22-21(28)23-20(25)13-26-16-5-3-2-4-6-16/h2-11,24H,12-13H2,1H3,(H2,22,23,25,28). The molecule has 0 fully saturated rings. The average molecular weight is 396 g/mol. The highest BCUT2D eigenvalue weighted by Gasteiger charge is 2.10. The number of hydrogen-bond donors (Lipinski definition) is 3. The maximum atomic E-state index is 12.0. The number of hydrogen-bond acceptors (Lipinski definition) is 5. The fraction of sp³-hybridized carbons (Fsp3) is 0.143. The molecule has 0 atom stereocenters. The first-order valence-corrected chi connectivity index (χ1v) is 9.05. The lowest BCUT2D eigenvalue weighted by Gasteiger charge is -2.13. The van der Waals surface area contributed by atoms with Gasteiger partial charge in [0.1, 0.15) is 23.9 Å². The molecule has 3 aromatic rings. The maximum absolute atomic E-state index is 12.0. The lowest BCUT2D eigenvalue weighted by atomic mass is 10.1. The number of amides is 1. The van der Waals surface area contributed by atoms with Crippen molar-refractivity contribution in [2.45, 2.75) is 13.5 Å². The number of nitrogens with one attached hydrogen (secondary N) is 2. The Labute approximate surface area is 168 Å². The normalized spacial score (nSPS) is 10.4. The maximum Gasteiger partial charge on any atom is 0.264 e. The Morgan fingerprint density at radius 1 is 1.14 bits per heavy atom. The number of anilines is 1. The molecule has 0 aliphatic rings. The molecule has 0 radical (unpaired) electrons. The van der Waals surface area contributed by atoms with Gasteiger partial charge in [0.05, 0.1) is 0 Å². The number of thiocarbonyl (C=S) groups is 1. The Bertz CT molecular complexity index is 970. The van der Waals surface area contributed by atoms with Crippen LogP contribution in [0.25, 0.3) is 11.3 Å². The zero-order valence-corrected chi connectivity index (χ0v) is 16.1. The number of rotatable bonds is 6. The first-order chi connectivity index (χ1) is 13.5. The predicted molar refractivity (Wildman–Crippen MR) is 111 cm³/mol. The molecule has 144 valence electrons. The molecule has 3 N–H and O–H groups in total. The van der Waals surface area contributed by atoms with Crippen LogP contribution in [0.1, 0.15) is 11.3 Å². The lowest BCUT2D eigenvalue weighted by molar-refractivity contribution is -0.121. The topological polar surface area (TPSA) is 83.7 Å². The third kappa shape index (κ3) is 5.18. The van der Waals surface area contributed by atoms with Gasteiger partial charge in [-0.2, -0.15) is 0 Å². The van der Waals surface area contributed by atoms with E-state index in [2.05, 4.69) is 10.6 Å². The minimum absolute atomic E-state index is 0.138. The van der Waals surface area contributed by atoms with Gasteiger partial charge in [-0.05, 0) is 55.0 Å². The second-order valence-corrected chi connectivity index (χ2v) is 6.47. The van der Waals surface area contributed by atoms with Crippen LogP contribution in [0.2, 0.25) is 0 Å². The molecular weight excluding hydrogens is 376 g/mol. The Balaban J connectivity index is 1.60. The molecule has 0 saturated carbocycles. The van der Waals surface area contributed by atoms with Crippen molar-refractivity contribution < 1.29 is 19.1 Å². The van der Waals surface area contributed by atoms with Crippen LogP contribution < -0.4 is 15.4 Å². The number of carbonyl (C=O) groups excluding carboxylic acids is 1. The highest BCUT2D eigenvalue weighted by atomic mass is 32.1. The number of benzene rings is 2. The molecule has 0 unspecified atom stereocenters. The Morgan fingerprint density at radius 3 is 2.64 bits per heavy atom. The Kier molecular flexibility index (Phi) is 6.41. The second kappa shape index (κ2) is 9.16. The largest absolute Gasteiger partial charge is 0.484 e. The minimum atomic E-state index is -0.353. The number of ether oxygens (including phenoxy) is 1. The van der Waals surface area contributed by atoms with Crippen LogP contribution in [0.5, 0.6) is 5.75 Å².